The molecular weight excluding hydrogens is 580 g/mol. The Labute approximate surface area is 217 Å². The number of H-pyrrole nitrogens is 1. The third kappa shape index (κ3) is 7.66. The van der Waals surface area contributed by atoms with E-state index >= 15 is 0 Å². The van der Waals surface area contributed by atoms with Gasteiger partial charge in [0.05, 0.1) is 13.2 Å². The highest BCUT2D eigenvalue weighted by Crippen LogP contribution is 2.61. The molecule has 1 aromatic heterocycles. The molecule has 2 saturated heterocycles. The molecule has 0 spiro atoms. The topological polar surface area (TPSA) is 306 Å². The zero-order chi connectivity index (χ0) is 29.3. The molecule has 2 fully saturated rings. The lowest BCUT2D eigenvalue weighted by atomic mass is 9.97. The number of carbonyl (C=O) groups is 1. The zero-order valence-corrected chi connectivity index (χ0v) is 21.6. The van der Waals surface area contributed by atoms with Gasteiger partial charge in [-0.25, -0.2) is 13.9 Å². The summed E-state index contributed by atoms with van der Waals surface area (Å²) >= 11 is 0. The molecule has 2 unspecified atom stereocenters. The molecule has 1 aromatic rings. The molecule has 222 valence electrons. The minimum Gasteiger partial charge on any atom is -0.394 e. The molecule has 9 N–H and O–H groups in total. The summed E-state index contributed by atoms with van der Waals surface area (Å²) in [7, 11) is -11.1. The van der Waals surface area contributed by atoms with Crippen LogP contribution in [0.3, 0.4) is 0 Å². The zero-order valence-electron chi connectivity index (χ0n) is 19.8. The van der Waals surface area contributed by atoms with E-state index in [1.165, 1.54) is 0 Å². The van der Waals surface area contributed by atoms with E-state index in [0.717, 1.165) is 23.8 Å². The minimum atomic E-state index is -5.63. The number of aliphatic hydroxyl groups excluding tert-OH is 5. The maximum Gasteiger partial charge on any atom is 0.483 e. The molecule has 0 aromatic carbocycles. The lowest BCUT2D eigenvalue weighted by molar-refractivity contribution is -0.247. The molecule has 3 rings (SSSR count). The molecule has 2 aliphatic rings. The summed E-state index contributed by atoms with van der Waals surface area (Å²) in [5.41, 5.74) is -1.75. The molecule has 22 heteroatoms. The molecule has 11 atom stereocenters. The Morgan fingerprint density at radius 2 is 1.69 bits per heavy atom. The molecular formula is C17H27N3O17P2. The van der Waals surface area contributed by atoms with Crippen molar-refractivity contribution in [2.75, 3.05) is 13.2 Å². The van der Waals surface area contributed by atoms with Crippen LogP contribution in [0, 0.1) is 0 Å². The fourth-order valence-electron chi connectivity index (χ4n) is 3.76. The van der Waals surface area contributed by atoms with Crippen LogP contribution in [0.1, 0.15) is 13.2 Å². The van der Waals surface area contributed by atoms with Crippen LogP contribution in [0.4, 0.5) is 0 Å². The smallest absolute Gasteiger partial charge is 0.394 e. The van der Waals surface area contributed by atoms with E-state index in [9.17, 15) is 58.8 Å². The number of amides is 1. The fourth-order valence-corrected chi connectivity index (χ4v) is 5.92. The molecule has 0 bridgehead atoms. The first-order chi connectivity index (χ1) is 18.0. The van der Waals surface area contributed by atoms with E-state index in [0.29, 0.717) is 0 Å². The van der Waals surface area contributed by atoms with Crippen LogP contribution in [0.15, 0.2) is 21.9 Å². The van der Waals surface area contributed by atoms with Crippen molar-refractivity contribution < 1.29 is 72.1 Å². The van der Waals surface area contributed by atoms with Crippen molar-refractivity contribution in [3.63, 3.8) is 0 Å². The van der Waals surface area contributed by atoms with Gasteiger partial charge in [0.15, 0.2) is 12.5 Å². The second-order valence-corrected chi connectivity index (χ2v) is 11.4. The van der Waals surface area contributed by atoms with Gasteiger partial charge in [-0.1, -0.05) is 0 Å². The molecule has 2 aliphatic heterocycles. The van der Waals surface area contributed by atoms with Crippen molar-refractivity contribution in [3.8, 4) is 0 Å². The maximum atomic E-state index is 12.4. The van der Waals surface area contributed by atoms with Crippen LogP contribution in [-0.4, -0.2) is 113 Å². The van der Waals surface area contributed by atoms with Crippen LogP contribution in [0.5, 0.6) is 0 Å². The number of rotatable bonds is 10. The monoisotopic (exact) mass is 607 g/mol. The van der Waals surface area contributed by atoms with Gasteiger partial charge < -0.3 is 50.1 Å². The predicted molar refractivity (Wildman–Crippen MR) is 120 cm³/mol. The lowest BCUT2D eigenvalue weighted by Gasteiger charge is -2.42. The number of aromatic amines is 1. The SMILES string of the molecule is CC(=O)N[C@H]1[C@@H](OP(=O)(O)OP(=O)(O)OC[C@@H]2O[C@H](n3ccc(=O)[nH]c3=O)[C@@H](O)[C@H]2O)O[C@H](CO)[C@@H](O)[C@@H]1O. The summed E-state index contributed by atoms with van der Waals surface area (Å²) in [6.07, 6.45) is -13.0. The highest BCUT2D eigenvalue weighted by atomic mass is 31.3. The molecule has 0 radical (unpaired) electrons. The summed E-state index contributed by atoms with van der Waals surface area (Å²) in [5, 5.41) is 51.9. The van der Waals surface area contributed by atoms with Gasteiger partial charge in [0.1, 0.15) is 42.7 Å². The first-order valence-electron chi connectivity index (χ1n) is 11.0. The Balaban J connectivity index is 1.66. The summed E-state index contributed by atoms with van der Waals surface area (Å²) < 4.78 is 49.2. The number of phosphoric ester groups is 2. The molecule has 1 amide bonds. The molecule has 3 heterocycles. The van der Waals surface area contributed by atoms with E-state index in [4.69, 9.17) is 9.47 Å². The summed E-state index contributed by atoms with van der Waals surface area (Å²) in [6.45, 7) is -0.940. The molecule has 0 aliphatic carbocycles. The van der Waals surface area contributed by atoms with Crippen molar-refractivity contribution >= 4 is 21.6 Å². The number of phosphoric acid groups is 2. The second kappa shape index (κ2) is 12.3. The van der Waals surface area contributed by atoms with Crippen LogP contribution in [0.25, 0.3) is 0 Å². The van der Waals surface area contributed by atoms with Crippen molar-refractivity contribution in [3.05, 3.63) is 33.1 Å². The fraction of sp³-hybridized carbons (Fsp3) is 0.706. The Morgan fingerprint density at radius 1 is 1.05 bits per heavy atom. The largest absolute Gasteiger partial charge is 0.483 e. The van der Waals surface area contributed by atoms with Gasteiger partial charge in [0, 0.05) is 19.2 Å². The third-order valence-electron chi connectivity index (χ3n) is 5.56. The highest BCUT2D eigenvalue weighted by molar-refractivity contribution is 7.61. The van der Waals surface area contributed by atoms with Gasteiger partial charge in [-0.15, -0.1) is 0 Å². The average Bonchev–Trinajstić information content (AvgIpc) is 3.10. The number of ether oxygens (including phenoxy) is 2. The number of aromatic nitrogens is 2. The summed E-state index contributed by atoms with van der Waals surface area (Å²) in [5.74, 6) is -0.796. The van der Waals surface area contributed by atoms with E-state index in [-0.39, 0.29) is 0 Å². The van der Waals surface area contributed by atoms with E-state index in [1.54, 1.807) is 0 Å². The van der Waals surface area contributed by atoms with Gasteiger partial charge in [-0.05, 0) is 0 Å². The summed E-state index contributed by atoms with van der Waals surface area (Å²) in [4.78, 5) is 56.4. The first-order valence-corrected chi connectivity index (χ1v) is 14.0. The maximum absolute atomic E-state index is 12.4. The number of carbonyl (C=O) groups excluding carboxylic acids is 1. The van der Waals surface area contributed by atoms with Gasteiger partial charge >= 0.3 is 21.3 Å². The quantitative estimate of drug-likeness (QED) is 0.113. The first kappa shape index (κ1) is 31.7. The number of aliphatic hydroxyl groups is 5. The number of nitrogens with zero attached hydrogens (tertiary/aromatic N) is 1. The van der Waals surface area contributed by atoms with Crippen molar-refractivity contribution in [1.29, 1.82) is 0 Å². The Kier molecular flexibility index (Phi) is 10.0. The van der Waals surface area contributed by atoms with E-state index in [1.807, 2.05) is 4.98 Å². The van der Waals surface area contributed by atoms with Crippen LogP contribution in [-0.2, 0) is 36.8 Å². The Morgan fingerprint density at radius 3 is 2.28 bits per heavy atom. The number of hydrogen-bond donors (Lipinski definition) is 9. The predicted octanol–water partition coefficient (Wildman–Crippen LogP) is -4.65. The highest BCUT2D eigenvalue weighted by Gasteiger charge is 2.50. The van der Waals surface area contributed by atoms with Crippen LogP contribution >= 0.6 is 15.6 Å². The normalized spacial score (nSPS) is 36.2. The molecule has 39 heavy (non-hydrogen) atoms. The average molecular weight is 607 g/mol. The van der Waals surface area contributed by atoms with E-state index in [2.05, 4.69) is 18.7 Å². The van der Waals surface area contributed by atoms with Gasteiger partial charge in [-0.3, -0.25) is 28.2 Å². The molecule has 0 saturated carbocycles. The minimum absolute atomic E-state index is 0.723. The van der Waals surface area contributed by atoms with Gasteiger partial charge in [0.2, 0.25) is 5.91 Å². The standard InChI is InChI=1S/C17H27N3O17P2/c1-6(22)18-10-13(26)11(24)7(4-21)35-16(10)36-39(31,32)37-38(29,30)33-5-8-12(25)14(27)15(34-8)20-3-2-9(23)19-17(20)28/h2-3,7-8,10-16,21,24-27H,4-5H2,1H3,(H,18,22)(H,29,30)(H,31,32)(H,19,23,28)/t7-,8+,10-,11-,12+,13-,14+,15+,16-/m1/s1. The van der Waals surface area contributed by atoms with E-state index < -0.39 is 101 Å². The van der Waals surface area contributed by atoms with Crippen molar-refractivity contribution in [2.24, 2.45) is 0 Å². The third-order valence-corrected chi connectivity index (χ3v) is 8.16. The van der Waals surface area contributed by atoms with Crippen molar-refractivity contribution in [2.45, 2.75) is 62.1 Å². The lowest BCUT2D eigenvalue weighted by Crippen LogP contribution is -2.64. The Bertz CT molecular complexity index is 1240. The second-order valence-electron chi connectivity index (χ2n) is 8.42. The number of hydrogen-bond acceptors (Lipinski definition) is 15. The van der Waals surface area contributed by atoms with Crippen LogP contribution in [0.2, 0.25) is 0 Å². The van der Waals surface area contributed by atoms with Crippen LogP contribution < -0.4 is 16.6 Å². The van der Waals surface area contributed by atoms with Gasteiger partial charge in [-0.2, -0.15) is 4.31 Å². The number of nitrogens with one attached hydrogen (secondary N) is 2. The Hall–Kier alpha value is -1.87. The summed E-state index contributed by atoms with van der Waals surface area (Å²) in [6, 6.07) is -0.766. The van der Waals surface area contributed by atoms with Crippen molar-refractivity contribution in [1.82, 2.24) is 14.9 Å². The molecule has 20 nitrogen and oxygen atoms in total. The van der Waals surface area contributed by atoms with Gasteiger partial charge in [0.25, 0.3) is 5.56 Å².